The van der Waals surface area contributed by atoms with E-state index in [1.807, 2.05) is 20.8 Å². The Morgan fingerprint density at radius 2 is 2.05 bits per heavy atom. The number of hydrogen-bond acceptors (Lipinski definition) is 5. The van der Waals surface area contributed by atoms with E-state index in [9.17, 15) is 9.90 Å². The molecule has 6 heteroatoms. The molecule has 0 bridgehead atoms. The van der Waals surface area contributed by atoms with Gasteiger partial charge in [-0.15, -0.1) is 0 Å². The first-order valence-electron chi connectivity index (χ1n) is 7.53. The molecule has 1 fully saturated rings. The lowest BCUT2D eigenvalue weighted by atomic mass is 10.0. The number of carbonyl (C=O) groups excluding carboxylic acids is 1. The summed E-state index contributed by atoms with van der Waals surface area (Å²) in [7, 11) is 0. The van der Waals surface area contributed by atoms with Crippen molar-refractivity contribution >= 4 is 6.09 Å². The van der Waals surface area contributed by atoms with Crippen molar-refractivity contribution in [2.24, 2.45) is 0 Å². The molecule has 1 aliphatic heterocycles. The fourth-order valence-corrected chi connectivity index (χ4v) is 2.44. The number of aliphatic hydroxyl groups excluding tert-OH is 2. The van der Waals surface area contributed by atoms with Gasteiger partial charge in [0.1, 0.15) is 11.3 Å². The third kappa shape index (κ3) is 5.13. The SMILES string of the molecule is CC(C)(C)OC(=O)N1[C@H](C(O)CCCCO)COC1(C)C. The smallest absolute Gasteiger partial charge is 0.412 e. The fraction of sp³-hybridized carbons (Fsp3) is 0.933. The third-order valence-electron chi connectivity index (χ3n) is 3.46. The van der Waals surface area contributed by atoms with Crippen molar-refractivity contribution < 1.29 is 24.5 Å². The molecule has 0 aromatic rings. The highest BCUT2D eigenvalue weighted by atomic mass is 16.6. The van der Waals surface area contributed by atoms with Gasteiger partial charge in [-0.2, -0.15) is 0 Å². The molecule has 1 aliphatic rings. The van der Waals surface area contributed by atoms with Crippen molar-refractivity contribution in [3.63, 3.8) is 0 Å². The average molecular weight is 303 g/mol. The van der Waals surface area contributed by atoms with Crippen LogP contribution in [0.25, 0.3) is 0 Å². The van der Waals surface area contributed by atoms with Gasteiger partial charge in [0.15, 0.2) is 0 Å². The molecular weight excluding hydrogens is 274 g/mol. The summed E-state index contributed by atoms with van der Waals surface area (Å²) in [4.78, 5) is 13.9. The summed E-state index contributed by atoms with van der Waals surface area (Å²) in [6.45, 7) is 9.39. The second kappa shape index (κ2) is 6.94. The topological polar surface area (TPSA) is 79.2 Å². The number of rotatable bonds is 5. The Hall–Kier alpha value is -0.850. The van der Waals surface area contributed by atoms with Crippen molar-refractivity contribution in [3.8, 4) is 0 Å². The molecule has 0 saturated carbocycles. The van der Waals surface area contributed by atoms with E-state index in [4.69, 9.17) is 14.6 Å². The molecular formula is C15H29NO5. The van der Waals surface area contributed by atoms with E-state index in [0.717, 1.165) is 0 Å². The maximum absolute atomic E-state index is 12.4. The molecule has 6 nitrogen and oxygen atoms in total. The van der Waals surface area contributed by atoms with Gasteiger partial charge < -0.3 is 19.7 Å². The molecule has 0 aromatic carbocycles. The summed E-state index contributed by atoms with van der Waals surface area (Å²) < 4.78 is 11.1. The summed E-state index contributed by atoms with van der Waals surface area (Å²) in [6.07, 6.45) is 0.698. The summed E-state index contributed by atoms with van der Waals surface area (Å²) in [6, 6.07) is -0.423. The quantitative estimate of drug-likeness (QED) is 0.758. The lowest BCUT2D eigenvalue weighted by Gasteiger charge is -2.36. The van der Waals surface area contributed by atoms with Gasteiger partial charge in [-0.3, -0.25) is 4.90 Å². The van der Waals surface area contributed by atoms with Gasteiger partial charge in [-0.05, 0) is 53.9 Å². The zero-order valence-corrected chi connectivity index (χ0v) is 13.8. The maximum atomic E-state index is 12.4. The summed E-state index contributed by atoms with van der Waals surface area (Å²) in [5.74, 6) is 0. The van der Waals surface area contributed by atoms with Crippen LogP contribution in [0.2, 0.25) is 0 Å². The van der Waals surface area contributed by atoms with Crippen molar-refractivity contribution in [1.82, 2.24) is 4.90 Å². The van der Waals surface area contributed by atoms with E-state index in [2.05, 4.69) is 0 Å². The van der Waals surface area contributed by atoms with Crippen LogP contribution in [0, 0.1) is 0 Å². The predicted octanol–water partition coefficient (Wildman–Crippen LogP) is 1.88. The van der Waals surface area contributed by atoms with Crippen molar-refractivity contribution in [2.45, 2.75) is 77.4 Å². The van der Waals surface area contributed by atoms with E-state index < -0.39 is 29.6 Å². The Labute approximate surface area is 127 Å². The second-order valence-corrected chi connectivity index (χ2v) is 6.96. The van der Waals surface area contributed by atoms with Crippen LogP contribution < -0.4 is 0 Å². The number of unbranched alkanes of at least 4 members (excludes halogenated alkanes) is 1. The lowest BCUT2D eigenvalue weighted by Crippen LogP contribution is -2.53. The van der Waals surface area contributed by atoms with E-state index >= 15 is 0 Å². The molecule has 1 unspecified atom stereocenters. The summed E-state index contributed by atoms with van der Waals surface area (Å²) in [5, 5.41) is 19.1. The second-order valence-electron chi connectivity index (χ2n) is 6.96. The fourth-order valence-electron chi connectivity index (χ4n) is 2.44. The highest BCUT2D eigenvalue weighted by molar-refractivity contribution is 5.69. The van der Waals surface area contributed by atoms with E-state index in [-0.39, 0.29) is 13.2 Å². The molecule has 1 rings (SSSR count). The van der Waals surface area contributed by atoms with Crippen LogP contribution in [0.1, 0.15) is 53.9 Å². The minimum atomic E-state index is -0.801. The third-order valence-corrected chi connectivity index (χ3v) is 3.46. The summed E-state index contributed by atoms with van der Waals surface area (Å²) >= 11 is 0. The zero-order valence-electron chi connectivity index (χ0n) is 13.8. The van der Waals surface area contributed by atoms with Crippen LogP contribution in [-0.2, 0) is 9.47 Å². The largest absolute Gasteiger partial charge is 0.444 e. The zero-order chi connectivity index (χ0) is 16.3. The molecule has 2 N–H and O–H groups in total. The van der Waals surface area contributed by atoms with Crippen LogP contribution in [0.4, 0.5) is 4.79 Å². The van der Waals surface area contributed by atoms with Crippen LogP contribution in [0.15, 0.2) is 0 Å². The summed E-state index contributed by atoms with van der Waals surface area (Å²) in [5.41, 5.74) is -1.40. The minimum absolute atomic E-state index is 0.106. The Morgan fingerprint density at radius 1 is 1.43 bits per heavy atom. The molecule has 1 saturated heterocycles. The lowest BCUT2D eigenvalue weighted by molar-refractivity contribution is -0.0681. The molecule has 2 atom stereocenters. The van der Waals surface area contributed by atoms with Crippen LogP contribution in [-0.4, -0.2) is 57.9 Å². The predicted molar refractivity (Wildman–Crippen MR) is 78.8 cm³/mol. The first-order chi connectivity index (χ1) is 9.58. The number of ether oxygens (including phenoxy) is 2. The molecule has 0 aromatic heterocycles. The highest BCUT2D eigenvalue weighted by Crippen LogP contribution is 2.31. The normalized spacial score (nSPS) is 23.2. The number of amides is 1. The van der Waals surface area contributed by atoms with Gasteiger partial charge in [-0.1, -0.05) is 0 Å². The van der Waals surface area contributed by atoms with Gasteiger partial charge >= 0.3 is 6.09 Å². The Morgan fingerprint density at radius 3 is 2.57 bits per heavy atom. The minimum Gasteiger partial charge on any atom is -0.444 e. The first kappa shape index (κ1) is 18.2. The molecule has 0 aliphatic carbocycles. The molecule has 1 amide bonds. The molecule has 21 heavy (non-hydrogen) atoms. The Kier molecular flexibility index (Phi) is 6.01. The van der Waals surface area contributed by atoms with Gasteiger partial charge in [0.05, 0.1) is 18.8 Å². The first-order valence-corrected chi connectivity index (χ1v) is 7.53. The van der Waals surface area contributed by atoms with E-state index in [0.29, 0.717) is 19.3 Å². The standard InChI is InChI=1S/C15H29NO5/c1-14(2,3)21-13(19)16-11(10-20-15(16,4)5)12(18)8-6-7-9-17/h11-12,17-18H,6-10H2,1-5H3/t11-,12?/m0/s1. The van der Waals surface area contributed by atoms with Crippen molar-refractivity contribution in [2.75, 3.05) is 13.2 Å². The Balaban J connectivity index is 2.76. The molecule has 1 heterocycles. The molecule has 0 spiro atoms. The van der Waals surface area contributed by atoms with Gasteiger partial charge in [0.25, 0.3) is 0 Å². The maximum Gasteiger partial charge on any atom is 0.412 e. The van der Waals surface area contributed by atoms with E-state index in [1.54, 1.807) is 13.8 Å². The van der Waals surface area contributed by atoms with Crippen molar-refractivity contribution in [1.29, 1.82) is 0 Å². The number of nitrogens with zero attached hydrogens (tertiary/aromatic N) is 1. The van der Waals surface area contributed by atoms with Crippen LogP contribution in [0.5, 0.6) is 0 Å². The van der Waals surface area contributed by atoms with E-state index in [1.165, 1.54) is 4.90 Å². The van der Waals surface area contributed by atoms with Gasteiger partial charge in [0, 0.05) is 6.61 Å². The highest BCUT2D eigenvalue weighted by Gasteiger charge is 2.48. The number of hydrogen-bond donors (Lipinski definition) is 2. The van der Waals surface area contributed by atoms with Gasteiger partial charge in [-0.25, -0.2) is 4.79 Å². The Bertz CT molecular complexity index is 350. The van der Waals surface area contributed by atoms with Crippen LogP contribution >= 0.6 is 0 Å². The average Bonchev–Trinajstić information content (AvgIpc) is 2.63. The number of aliphatic hydroxyl groups is 2. The molecule has 124 valence electrons. The van der Waals surface area contributed by atoms with Crippen LogP contribution in [0.3, 0.4) is 0 Å². The number of carbonyl (C=O) groups is 1. The van der Waals surface area contributed by atoms with Gasteiger partial charge in [0.2, 0.25) is 0 Å². The molecule has 0 radical (unpaired) electrons. The van der Waals surface area contributed by atoms with Crippen molar-refractivity contribution in [3.05, 3.63) is 0 Å². The monoisotopic (exact) mass is 303 g/mol.